The Bertz CT molecular complexity index is 964. The summed E-state index contributed by atoms with van der Waals surface area (Å²) >= 11 is 0. The van der Waals surface area contributed by atoms with E-state index < -0.39 is 0 Å². The van der Waals surface area contributed by atoms with Crippen LogP contribution >= 0.6 is 0 Å². The molecule has 1 aliphatic rings. The second-order valence-electron chi connectivity index (χ2n) is 6.66. The molecule has 1 saturated heterocycles. The summed E-state index contributed by atoms with van der Waals surface area (Å²) < 4.78 is 2.15. The van der Waals surface area contributed by atoms with Crippen molar-refractivity contribution in [3.8, 4) is 11.9 Å². The van der Waals surface area contributed by atoms with Crippen molar-refractivity contribution >= 4 is 5.82 Å². The molecule has 0 radical (unpaired) electrons. The molecule has 0 atom stereocenters. The van der Waals surface area contributed by atoms with Crippen LogP contribution in [0.3, 0.4) is 0 Å². The topological polar surface area (TPSA) is 73.9 Å². The van der Waals surface area contributed by atoms with Gasteiger partial charge in [0.2, 0.25) is 0 Å². The van der Waals surface area contributed by atoms with Gasteiger partial charge in [-0.15, -0.1) is 0 Å². The number of anilines is 1. The lowest BCUT2D eigenvalue weighted by molar-refractivity contribution is 0.245. The van der Waals surface area contributed by atoms with Gasteiger partial charge in [-0.05, 0) is 36.8 Å². The highest BCUT2D eigenvalue weighted by atomic mass is 15.3. The zero-order chi connectivity index (χ0) is 18.6. The van der Waals surface area contributed by atoms with Crippen molar-refractivity contribution in [2.45, 2.75) is 13.5 Å². The number of aryl methyl sites for hydroxylation is 1. The van der Waals surface area contributed by atoms with Crippen LogP contribution < -0.4 is 4.90 Å². The van der Waals surface area contributed by atoms with Crippen molar-refractivity contribution in [2.75, 3.05) is 31.1 Å². The highest BCUT2D eigenvalue weighted by Crippen LogP contribution is 2.18. The van der Waals surface area contributed by atoms with E-state index >= 15 is 0 Å². The van der Waals surface area contributed by atoms with E-state index in [1.54, 1.807) is 12.4 Å². The third-order valence-electron chi connectivity index (χ3n) is 4.82. The number of rotatable bonds is 4. The predicted molar refractivity (Wildman–Crippen MR) is 103 cm³/mol. The second-order valence-corrected chi connectivity index (χ2v) is 6.66. The van der Waals surface area contributed by atoms with Crippen LogP contribution in [0.4, 0.5) is 5.82 Å². The van der Waals surface area contributed by atoms with Crippen molar-refractivity contribution < 1.29 is 0 Å². The molecule has 1 aliphatic heterocycles. The lowest BCUT2D eigenvalue weighted by Crippen LogP contribution is -2.46. The lowest BCUT2D eigenvalue weighted by Gasteiger charge is -2.35. The molecule has 27 heavy (non-hydrogen) atoms. The molecule has 7 nitrogen and oxygen atoms in total. The van der Waals surface area contributed by atoms with Crippen LogP contribution in [0.15, 0.2) is 49.1 Å². The summed E-state index contributed by atoms with van der Waals surface area (Å²) in [4.78, 5) is 17.5. The molecule has 7 heteroatoms. The van der Waals surface area contributed by atoms with E-state index in [9.17, 15) is 5.26 Å². The molecule has 4 heterocycles. The van der Waals surface area contributed by atoms with E-state index in [0.717, 1.165) is 38.5 Å². The van der Waals surface area contributed by atoms with Gasteiger partial charge in [0, 0.05) is 63.2 Å². The largest absolute Gasteiger partial charge is 0.352 e. The quantitative estimate of drug-likeness (QED) is 0.711. The van der Waals surface area contributed by atoms with E-state index in [1.807, 2.05) is 12.3 Å². The van der Waals surface area contributed by atoms with E-state index in [4.69, 9.17) is 0 Å². The Morgan fingerprint density at radius 2 is 1.85 bits per heavy atom. The normalized spacial score (nSPS) is 14.9. The van der Waals surface area contributed by atoms with Crippen molar-refractivity contribution in [3.05, 3.63) is 66.0 Å². The van der Waals surface area contributed by atoms with Crippen LogP contribution in [0, 0.1) is 18.3 Å². The first-order valence-electron chi connectivity index (χ1n) is 9.02. The lowest BCUT2D eigenvalue weighted by atomic mass is 10.2. The first-order chi connectivity index (χ1) is 13.2. The zero-order valence-corrected chi connectivity index (χ0v) is 15.3. The summed E-state index contributed by atoms with van der Waals surface area (Å²) in [5.74, 6) is 1.64. The maximum absolute atomic E-state index is 9.23. The van der Waals surface area contributed by atoms with Crippen LogP contribution in [-0.2, 0) is 6.54 Å². The molecule has 3 aromatic rings. The minimum Gasteiger partial charge on any atom is -0.352 e. The maximum atomic E-state index is 9.23. The predicted octanol–water partition coefficient (Wildman–Crippen LogP) is 2.16. The third-order valence-corrected chi connectivity index (χ3v) is 4.82. The molecular weight excluding hydrogens is 338 g/mol. The van der Waals surface area contributed by atoms with Crippen molar-refractivity contribution in [2.24, 2.45) is 0 Å². The van der Waals surface area contributed by atoms with Gasteiger partial charge in [0.1, 0.15) is 11.9 Å². The zero-order valence-electron chi connectivity index (χ0n) is 15.3. The van der Waals surface area contributed by atoms with E-state index in [0.29, 0.717) is 11.5 Å². The average molecular weight is 359 g/mol. The van der Waals surface area contributed by atoms with Crippen LogP contribution in [0.1, 0.15) is 17.0 Å². The molecule has 136 valence electrons. The van der Waals surface area contributed by atoms with Gasteiger partial charge in [-0.2, -0.15) is 5.26 Å². The van der Waals surface area contributed by atoms with Crippen molar-refractivity contribution in [1.82, 2.24) is 24.4 Å². The monoisotopic (exact) mass is 359 g/mol. The van der Waals surface area contributed by atoms with Crippen LogP contribution in [0.25, 0.3) is 5.82 Å². The van der Waals surface area contributed by atoms with Crippen LogP contribution in [0.2, 0.25) is 0 Å². The Balaban J connectivity index is 1.44. The number of piperazine rings is 1. The summed E-state index contributed by atoms with van der Waals surface area (Å²) in [7, 11) is 0. The molecule has 0 unspecified atom stereocenters. The average Bonchev–Trinajstić information content (AvgIpc) is 3.17. The molecule has 0 aromatic carbocycles. The summed E-state index contributed by atoms with van der Waals surface area (Å²) in [6.07, 6.45) is 7.11. The summed E-state index contributed by atoms with van der Waals surface area (Å²) in [5, 5.41) is 9.23. The number of aromatic nitrogens is 4. The minimum absolute atomic E-state index is 0.394. The molecule has 4 rings (SSSR count). The van der Waals surface area contributed by atoms with Gasteiger partial charge in [0.05, 0.1) is 0 Å². The molecule has 0 aliphatic carbocycles. The fraction of sp³-hybridized carbons (Fsp3) is 0.300. The van der Waals surface area contributed by atoms with Crippen LogP contribution in [0.5, 0.6) is 0 Å². The number of pyridine rings is 1. The van der Waals surface area contributed by atoms with Gasteiger partial charge >= 0.3 is 0 Å². The maximum Gasteiger partial charge on any atom is 0.183 e. The summed E-state index contributed by atoms with van der Waals surface area (Å²) in [5.41, 5.74) is 2.81. The fourth-order valence-corrected chi connectivity index (χ4v) is 3.41. The van der Waals surface area contributed by atoms with Crippen molar-refractivity contribution in [3.63, 3.8) is 0 Å². The Labute approximate surface area is 158 Å². The molecule has 1 fully saturated rings. The van der Waals surface area contributed by atoms with Crippen molar-refractivity contribution in [1.29, 1.82) is 5.26 Å². The highest BCUT2D eigenvalue weighted by Gasteiger charge is 2.21. The van der Waals surface area contributed by atoms with Gasteiger partial charge in [-0.25, -0.2) is 15.0 Å². The Morgan fingerprint density at radius 3 is 2.63 bits per heavy atom. The molecular formula is C20H21N7. The van der Waals surface area contributed by atoms with Gasteiger partial charge < -0.3 is 9.47 Å². The Kier molecular flexibility index (Phi) is 4.81. The third kappa shape index (κ3) is 3.66. The fourth-order valence-electron chi connectivity index (χ4n) is 3.41. The number of nitriles is 1. The smallest absolute Gasteiger partial charge is 0.183 e. The summed E-state index contributed by atoms with van der Waals surface area (Å²) in [6.45, 7) is 6.42. The Hall–Kier alpha value is -3.24. The molecule has 3 aromatic heterocycles. The molecule has 0 N–H and O–H groups in total. The van der Waals surface area contributed by atoms with Gasteiger partial charge in [-0.1, -0.05) is 0 Å². The number of nitrogens with zero attached hydrogens (tertiary/aromatic N) is 7. The number of hydrogen-bond donors (Lipinski definition) is 0. The Morgan fingerprint density at radius 1 is 1.04 bits per heavy atom. The standard InChI is InChI=1S/C20H21N7/c1-16-4-5-23-19(13-16)27-8-2-3-17(27)15-25-9-11-26(12-10-25)20-18(14-21)22-6-7-24-20/h2-8,13H,9-12,15H2,1H3. The van der Waals surface area contributed by atoms with Crippen LogP contribution in [-0.4, -0.2) is 50.6 Å². The molecule has 0 spiro atoms. The van der Waals surface area contributed by atoms with E-state index in [-0.39, 0.29) is 0 Å². The van der Waals surface area contributed by atoms with Gasteiger partial charge in [-0.3, -0.25) is 4.90 Å². The molecule has 0 amide bonds. The molecule has 0 saturated carbocycles. The first-order valence-corrected chi connectivity index (χ1v) is 9.02. The number of hydrogen-bond acceptors (Lipinski definition) is 6. The van der Waals surface area contributed by atoms with Gasteiger partial charge in [0.15, 0.2) is 11.5 Å². The first kappa shape index (κ1) is 17.2. The SMILES string of the molecule is Cc1ccnc(-n2cccc2CN2CCN(c3nccnc3C#N)CC2)c1. The summed E-state index contributed by atoms with van der Waals surface area (Å²) in [6, 6.07) is 10.4. The van der Waals surface area contributed by atoms with Gasteiger partial charge in [0.25, 0.3) is 0 Å². The molecule has 0 bridgehead atoms. The van der Waals surface area contributed by atoms with E-state index in [1.165, 1.54) is 11.3 Å². The second kappa shape index (κ2) is 7.56. The highest BCUT2D eigenvalue weighted by molar-refractivity contribution is 5.49. The minimum atomic E-state index is 0.394. The van der Waals surface area contributed by atoms with E-state index in [2.05, 4.69) is 66.7 Å².